The minimum atomic E-state index is -3.52. The summed E-state index contributed by atoms with van der Waals surface area (Å²) < 4.78 is 32.3. The van der Waals surface area contributed by atoms with Gasteiger partial charge in [0.1, 0.15) is 6.26 Å². The molecule has 24 heavy (non-hydrogen) atoms. The van der Waals surface area contributed by atoms with Crippen molar-refractivity contribution in [2.45, 2.75) is 17.7 Å². The molecule has 0 aliphatic heterocycles. The molecule has 0 radical (unpaired) electrons. The second-order valence-corrected chi connectivity index (χ2v) is 7.19. The molecular formula is C18H18N2O3S. The Balaban J connectivity index is 1.66. The van der Waals surface area contributed by atoms with E-state index in [0.29, 0.717) is 13.0 Å². The summed E-state index contributed by atoms with van der Waals surface area (Å²) in [4.78, 5) is 0.272. The van der Waals surface area contributed by atoms with Crippen molar-refractivity contribution in [2.75, 3.05) is 6.54 Å². The maximum atomic E-state index is 12.4. The van der Waals surface area contributed by atoms with E-state index in [1.807, 2.05) is 36.4 Å². The lowest BCUT2D eigenvalue weighted by atomic mass is 10.1. The smallest absolute Gasteiger partial charge is 0.240 e. The van der Waals surface area contributed by atoms with Crippen LogP contribution in [0.3, 0.4) is 0 Å². The van der Waals surface area contributed by atoms with Crippen LogP contribution in [0.1, 0.15) is 12.0 Å². The number of nitrogens with one attached hydrogen (secondary N) is 1. The highest BCUT2D eigenvalue weighted by molar-refractivity contribution is 7.89. The molecule has 0 spiro atoms. The monoisotopic (exact) mass is 342 g/mol. The molecule has 0 saturated heterocycles. The molecule has 5 nitrogen and oxygen atoms in total. The van der Waals surface area contributed by atoms with Gasteiger partial charge in [0.15, 0.2) is 0 Å². The van der Waals surface area contributed by atoms with Crippen LogP contribution in [-0.4, -0.2) is 20.1 Å². The minimum Gasteiger partial charge on any atom is -0.364 e. The quantitative estimate of drug-likeness (QED) is 0.669. The van der Waals surface area contributed by atoms with Gasteiger partial charge >= 0.3 is 0 Å². The van der Waals surface area contributed by atoms with Gasteiger partial charge in [0.05, 0.1) is 11.1 Å². The van der Waals surface area contributed by atoms with Crippen molar-refractivity contribution in [1.29, 1.82) is 0 Å². The molecule has 1 N–H and O–H groups in total. The molecule has 6 heteroatoms. The highest BCUT2D eigenvalue weighted by atomic mass is 32.2. The zero-order valence-electron chi connectivity index (χ0n) is 13.1. The van der Waals surface area contributed by atoms with Gasteiger partial charge in [-0.2, -0.15) is 0 Å². The predicted molar refractivity (Wildman–Crippen MR) is 91.9 cm³/mol. The molecule has 0 unspecified atom stereocenters. The average molecular weight is 342 g/mol. The fraction of sp³-hybridized carbons (Fsp3) is 0.167. The summed E-state index contributed by atoms with van der Waals surface area (Å²) in [5, 5.41) is 3.62. The number of nitrogens with zero attached hydrogens (tertiary/aromatic N) is 1. The lowest BCUT2D eigenvalue weighted by Gasteiger charge is -2.08. The number of benzene rings is 2. The molecule has 0 aliphatic carbocycles. The molecule has 0 amide bonds. The van der Waals surface area contributed by atoms with Crippen molar-refractivity contribution in [3.63, 3.8) is 0 Å². The molecule has 0 saturated carbocycles. The first-order valence-electron chi connectivity index (χ1n) is 7.68. The molecular weight excluding hydrogens is 324 g/mol. The Bertz CT molecular complexity index is 876. The fourth-order valence-electron chi connectivity index (χ4n) is 2.41. The second kappa shape index (κ2) is 7.42. The summed E-state index contributed by atoms with van der Waals surface area (Å²) in [6.45, 7) is 0.364. The Morgan fingerprint density at radius 2 is 1.79 bits per heavy atom. The Morgan fingerprint density at radius 1 is 1.00 bits per heavy atom. The first-order valence-corrected chi connectivity index (χ1v) is 9.17. The van der Waals surface area contributed by atoms with Crippen molar-refractivity contribution < 1.29 is 12.9 Å². The Morgan fingerprint density at radius 3 is 2.54 bits per heavy atom. The van der Waals surface area contributed by atoms with E-state index in [1.165, 1.54) is 0 Å². The standard InChI is InChI=1S/C18H18N2O3S/c21-24(22,20-11-5-6-15-13-19-23-14-15)18-10-4-9-17(12-18)16-7-2-1-3-8-16/h1-4,7-10,12-14,20H,5-6,11H2. The van der Waals surface area contributed by atoms with Gasteiger partial charge in [-0.05, 0) is 36.1 Å². The molecule has 0 atom stereocenters. The number of hydrogen-bond acceptors (Lipinski definition) is 4. The summed E-state index contributed by atoms with van der Waals surface area (Å²) >= 11 is 0. The summed E-state index contributed by atoms with van der Waals surface area (Å²) in [6, 6.07) is 16.7. The van der Waals surface area contributed by atoms with Crippen molar-refractivity contribution in [2.24, 2.45) is 0 Å². The number of rotatable bonds is 7. The normalized spacial score (nSPS) is 11.5. The first-order chi connectivity index (χ1) is 11.6. The van der Waals surface area contributed by atoms with Gasteiger partial charge in [-0.15, -0.1) is 0 Å². The van der Waals surface area contributed by atoms with Crippen LogP contribution in [0.25, 0.3) is 11.1 Å². The van der Waals surface area contributed by atoms with Crippen molar-refractivity contribution in [3.8, 4) is 11.1 Å². The van der Waals surface area contributed by atoms with E-state index in [0.717, 1.165) is 23.1 Å². The van der Waals surface area contributed by atoms with Gasteiger partial charge in [0, 0.05) is 12.1 Å². The number of aryl methyl sites for hydroxylation is 1. The lowest BCUT2D eigenvalue weighted by molar-refractivity contribution is 0.418. The number of aromatic nitrogens is 1. The van der Waals surface area contributed by atoms with Crippen molar-refractivity contribution in [3.05, 3.63) is 72.6 Å². The zero-order valence-corrected chi connectivity index (χ0v) is 13.9. The largest absolute Gasteiger partial charge is 0.364 e. The van der Waals surface area contributed by atoms with Crippen LogP contribution < -0.4 is 4.72 Å². The van der Waals surface area contributed by atoms with E-state index in [2.05, 4.69) is 9.88 Å². The van der Waals surface area contributed by atoms with E-state index < -0.39 is 10.0 Å². The Kier molecular flexibility index (Phi) is 5.08. The van der Waals surface area contributed by atoms with Gasteiger partial charge in [0.25, 0.3) is 0 Å². The van der Waals surface area contributed by atoms with Gasteiger partial charge in [-0.25, -0.2) is 13.1 Å². The van der Waals surface area contributed by atoms with Crippen LogP contribution in [0, 0.1) is 0 Å². The van der Waals surface area contributed by atoms with Gasteiger partial charge in [-0.1, -0.05) is 47.6 Å². The van der Waals surface area contributed by atoms with E-state index >= 15 is 0 Å². The Labute approximate surface area is 141 Å². The third kappa shape index (κ3) is 4.10. The topological polar surface area (TPSA) is 72.2 Å². The molecule has 124 valence electrons. The van der Waals surface area contributed by atoms with E-state index in [1.54, 1.807) is 30.7 Å². The molecule has 1 heterocycles. The molecule has 0 bridgehead atoms. The predicted octanol–water partition coefficient (Wildman–Crippen LogP) is 3.25. The Hall–Kier alpha value is -2.44. The van der Waals surface area contributed by atoms with Crippen molar-refractivity contribution in [1.82, 2.24) is 9.88 Å². The maximum Gasteiger partial charge on any atom is 0.240 e. The number of hydrogen-bond donors (Lipinski definition) is 1. The second-order valence-electron chi connectivity index (χ2n) is 5.43. The third-order valence-corrected chi connectivity index (χ3v) is 5.13. The van der Waals surface area contributed by atoms with Crippen LogP contribution in [0.5, 0.6) is 0 Å². The first kappa shape index (κ1) is 16.4. The van der Waals surface area contributed by atoms with Crippen LogP contribution in [0.15, 0.2) is 76.5 Å². The average Bonchev–Trinajstić information content (AvgIpc) is 3.13. The maximum absolute atomic E-state index is 12.4. The molecule has 3 aromatic rings. The van der Waals surface area contributed by atoms with Crippen LogP contribution >= 0.6 is 0 Å². The van der Waals surface area contributed by atoms with Crippen LogP contribution in [0.2, 0.25) is 0 Å². The number of sulfonamides is 1. The SMILES string of the molecule is O=S(=O)(NCCCc1cnoc1)c1cccc(-c2ccccc2)c1. The van der Waals surface area contributed by atoms with E-state index in [4.69, 9.17) is 4.52 Å². The summed E-state index contributed by atoms with van der Waals surface area (Å²) in [6.07, 6.45) is 4.60. The summed E-state index contributed by atoms with van der Waals surface area (Å²) in [5.74, 6) is 0. The van der Waals surface area contributed by atoms with E-state index in [9.17, 15) is 8.42 Å². The van der Waals surface area contributed by atoms with Gasteiger partial charge in [0.2, 0.25) is 10.0 Å². The molecule has 0 aliphatic rings. The third-order valence-electron chi connectivity index (χ3n) is 3.67. The molecule has 3 rings (SSSR count). The van der Waals surface area contributed by atoms with Crippen molar-refractivity contribution >= 4 is 10.0 Å². The van der Waals surface area contributed by atoms with Gasteiger partial charge < -0.3 is 4.52 Å². The summed E-state index contributed by atoms with van der Waals surface area (Å²) in [5.41, 5.74) is 2.82. The highest BCUT2D eigenvalue weighted by Gasteiger charge is 2.14. The molecule has 0 fully saturated rings. The molecule has 1 aromatic heterocycles. The molecule has 2 aromatic carbocycles. The van der Waals surface area contributed by atoms with Gasteiger partial charge in [-0.3, -0.25) is 0 Å². The zero-order chi connectivity index (χ0) is 16.8. The summed E-state index contributed by atoms with van der Waals surface area (Å²) in [7, 11) is -3.52. The van der Waals surface area contributed by atoms with Crippen LogP contribution in [0.4, 0.5) is 0 Å². The lowest BCUT2D eigenvalue weighted by Crippen LogP contribution is -2.25. The minimum absolute atomic E-state index is 0.272. The van der Waals surface area contributed by atoms with Crippen LogP contribution in [-0.2, 0) is 16.4 Å². The van der Waals surface area contributed by atoms with E-state index in [-0.39, 0.29) is 4.90 Å². The highest BCUT2D eigenvalue weighted by Crippen LogP contribution is 2.22. The fourth-order valence-corrected chi connectivity index (χ4v) is 3.53.